The Morgan fingerprint density at radius 1 is 0.966 bits per heavy atom. The van der Waals surface area contributed by atoms with Gasteiger partial charge in [0, 0.05) is 18.7 Å². The number of carbonyl (C=O) groups is 1. The predicted molar refractivity (Wildman–Crippen MR) is 102 cm³/mol. The van der Waals surface area contributed by atoms with E-state index < -0.39 is 28.7 Å². The highest BCUT2D eigenvalue weighted by Crippen LogP contribution is 2.15. The molecule has 0 aliphatic heterocycles. The Labute approximate surface area is 167 Å². The number of carbonyl (C=O) groups excluding carboxylic acids is 1. The van der Waals surface area contributed by atoms with Gasteiger partial charge in [-0.15, -0.1) is 0 Å². The van der Waals surface area contributed by atoms with E-state index in [1.54, 1.807) is 24.3 Å². The number of hydrogen-bond acceptors (Lipinski definition) is 4. The SMILES string of the molecule is O=C(NCCS(=O)(=O)NCc1ccccc1)c1ccc(COCC(F)(F)F)cc1. The molecule has 6 nitrogen and oxygen atoms in total. The number of alkyl halides is 3. The van der Waals surface area contributed by atoms with Crippen LogP contribution in [0.4, 0.5) is 13.2 Å². The minimum atomic E-state index is -4.39. The summed E-state index contributed by atoms with van der Waals surface area (Å²) in [5.41, 5.74) is 1.57. The van der Waals surface area contributed by atoms with Crippen LogP contribution in [0.3, 0.4) is 0 Å². The van der Waals surface area contributed by atoms with Crippen molar-refractivity contribution in [2.45, 2.75) is 19.3 Å². The third-order valence-corrected chi connectivity index (χ3v) is 5.07. The zero-order valence-corrected chi connectivity index (χ0v) is 16.2. The van der Waals surface area contributed by atoms with E-state index in [0.29, 0.717) is 5.56 Å². The molecule has 2 aromatic rings. The third-order valence-electron chi connectivity index (χ3n) is 3.75. The molecule has 0 fully saturated rings. The molecule has 10 heteroatoms. The van der Waals surface area contributed by atoms with Crippen molar-refractivity contribution in [1.29, 1.82) is 0 Å². The summed E-state index contributed by atoms with van der Waals surface area (Å²) in [6.45, 7) is -1.50. The first kappa shape index (κ1) is 22.9. The Kier molecular flexibility index (Phi) is 8.18. The number of nitrogens with one attached hydrogen (secondary N) is 2. The molecule has 0 spiro atoms. The monoisotopic (exact) mass is 430 g/mol. The first-order valence-corrected chi connectivity index (χ1v) is 10.3. The van der Waals surface area contributed by atoms with Gasteiger partial charge in [0.15, 0.2) is 0 Å². The summed E-state index contributed by atoms with van der Waals surface area (Å²) in [4.78, 5) is 12.1. The van der Waals surface area contributed by atoms with Crippen molar-refractivity contribution < 1.29 is 31.1 Å². The number of ether oxygens (including phenoxy) is 1. The summed E-state index contributed by atoms with van der Waals surface area (Å²) in [6, 6.07) is 14.8. The minimum absolute atomic E-state index is 0.0839. The van der Waals surface area contributed by atoms with E-state index in [9.17, 15) is 26.4 Å². The highest BCUT2D eigenvalue weighted by molar-refractivity contribution is 7.89. The quantitative estimate of drug-likeness (QED) is 0.607. The first-order chi connectivity index (χ1) is 13.6. The summed E-state index contributed by atoms with van der Waals surface area (Å²) in [5, 5.41) is 2.50. The Morgan fingerprint density at radius 2 is 1.62 bits per heavy atom. The second-order valence-corrected chi connectivity index (χ2v) is 8.11. The van der Waals surface area contributed by atoms with Crippen LogP contribution >= 0.6 is 0 Å². The van der Waals surface area contributed by atoms with Gasteiger partial charge >= 0.3 is 6.18 Å². The summed E-state index contributed by atoms with van der Waals surface area (Å²) in [5.74, 6) is -0.763. The molecule has 2 rings (SSSR count). The molecule has 0 aliphatic rings. The molecule has 2 aromatic carbocycles. The van der Waals surface area contributed by atoms with Crippen molar-refractivity contribution in [3.63, 3.8) is 0 Å². The van der Waals surface area contributed by atoms with Gasteiger partial charge in [-0.05, 0) is 23.3 Å². The van der Waals surface area contributed by atoms with Gasteiger partial charge in [0.25, 0.3) is 5.91 Å². The summed E-state index contributed by atoms with van der Waals surface area (Å²) in [6.07, 6.45) is -4.39. The number of sulfonamides is 1. The lowest BCUT2D eigenvalue weighted by Gasteiger charge is -2.09. The lowest BCUT2D eigenvalue weighted by atomic mass is 10.1. The molecule has 0 aliphatic carbocycles. The topological polar surface area (TPSA) is 84.5 Å². The molecule has 0 radical (unpaired) electrons. The van der Waals surface area contributed by atoms with Gasteiger partial charge in [0.2, 0.25) is 10.0 Å². The van der Waals surface area contributed by atoms with Gasteiger partial charge in [-0.1, -0.05) is 42.5 Å². The minimum Gasteiger partial charge on any atom is -0.367 e. The summed E-state index contributed by atoms with van der Waals surface area (Å²) >= 11 is 0. The van der Waals surface area contributed by atoms with Crippen LogP contribution in [-0.2, 0) is 27.9 Å². The van der Waals surface area contributed by atoms with Crippen molar-refractivity contribution in [1.82, 2.24) is 10.0 Å². The molecule has 1 amide bonds. The fraction of sp³-hybridized carbons (Fsp3) is 0.316. The Morgan fingerprint density at radius 3 is 2.24 bits per heavy atom. The third kappa shape index (κ3) is 9.07. The van der Waals surface area contributed by atoms with Crippen LogP contribution in [0.1, 0.15) is 21.5 Å². The van der Waals surface area contributed by atoms with Crippen LogP contribution in [0.25, 0.3) is 0 Å². The van der Waals surface area contributed by atoms with Gasteiger partial charge in [-0.2, -0.15) is 13.2 Å². The molecule has 158 valence electrons. The average molecular weight is 430 g/mol. The largest absolute Gasteiger partial charge is 0.411 e. The first-order valence-electron chi connectivity index (χ1n) is 8.67. The van der Waals surface area contributed by atoms with E-state index >= 15 is 0 Å². The summed E-state index contributed by atoms with van der Waals surface area (Å²) in [7, 11) is -3.56. The molecule has 0 unspecified atom stereocenters. The number of halogens is 3. The van der Waals surface area contributed by atoms with E-state index in [2.05, 4.69) is 14.8 Å². The molecule has 0 saturated heterocycles. The van der Waals surface area contributed by atoms with Gasteiger partial charge in [0.1, 0.15) is 6.61 Å². The zero-order valence-electron chi connectivity index (χ0n) is 15.4. The van der Waals surface area contributed by atoms with E-state index in [0.717, 1.165) is 5.56 Å². The van der Waals surface area contributed by atoms with Crippen molar-refractivity contribution >= 4 is 15.9 Å². The summed E-state index contributed by atoms with van der Waals surface area (Å²) < 4.78 is 67.1. The number of rotatable bonds is 10. The average Bonchev–Trinajstić information content (AvgIpc) is 2.67. The number of benzene rings is 2. The maximum Gasteiger partial charge on any atom is 0.411 e. The van der Waals surface area contributed by atoms with Gasteiger partial charge in [-0.3, -0.25) is 4.79 Å². The van der Waals surface area contributed by atoms with Gasteiger partial charge in [-0.25, -0.2) is 13.1 Å². The van der Waals surface area contributed by atoms with Crippen molar-refractivity contribution in [2.75, 3.05) is 18.9 Å². The van der Waals surface area contributed by atoms with Gasteiger partial charge < -0.3 is 10.1 Å². The molecule has 0 saturated carbocycles. The standard InChI is InChI=1S/C19H21F3N2O4S/c20-19(21,22)14-28-13-16-6-8-17(9-7-16)18(25)23-10-11-29(26,27)24-12-15-4-2-1-3-5-15/h1-9,24H,10-14H2,(H,23,25). The second kappa shape index (κ2) is 10.4. The molecule has 0 atom stereocenters. The van der Waals surface area contributed by atoms with Crippen LogP contribution in [-0.4, -0.2) is 39.4 Å². The second-order valence-electron chi connectivity index (χ2n) is 6.19. The molecule has 0 bridgehead atoms. The normalized spacial score (nSPS) is 12.0. The molecular formula is C19H21F3N2O4S. The maximum atomic E-state index is 12.1. The smallest absolute Gasteiger partial charge is 0.367 e. The lowest BCUT2D eigenvalue weighted by molar-refractivity contribution is -0.176. The van der Waals surface area contributed by atoms with E-state index in [1.165, 1.54) is 24.3 Å². The van der Waals surface area contributed by atoms with Crippen molar-refractivity contribution in [3.8, 4) is 0 Å². The molecule has 29 heavy (non-hydrogen) atoms. The number of amides is 1. The van der Waals surface area contributed by atoms with Crippen LogP contribution in [0.2, 0.25) is 0 Å². The van der Waals surface area contributed by atoms with E-state index in [-0.39, 0.29) is 31.0 Å². The fourth-order valence-electron chi connectivity index (χ4n) is 2.30. The Balaban J connectivity index is 1.74. The van der Waals surface area contributed by atoms with Crippen LogP contribution < -0.4 is 10.0 Å². The lowest BCUT2D eigenvalue weighted by Crippen LogP contribution is -2.34. The predicted octanol–water partition coefficient (Wildman–Crippen LogP) is 2.61. The van der Waals surface area contributed by atoms with Crippen LogP contribution in [0, 0.1) is 0 Å². The van der Waals surface area contributed by atoms with Crippen LogP contribution in [0.5, 0.6) is 0 Å². The molecule has 0 heterocycles. The van der Waals surface area contributed by atoms with E-state index in [4.69, 9.17) is 0 Å². The van der Waals surface area contributed by atoms with Crippen LogP contribution in [0.15, 0.2) is 54.6 Å². The highest BCUT2D eigenvalue weighted by atomic mass is 32.2. The van der Waals surface area contributed by atoms with E-state index in [1.807, 2.05) is 6.07 Å². The number of hydrogen-bond donors (Lipinski definition) is 2. The van der Waals surface area contributed by atoms with Crippen molar-refractivity contribution in [3.05, 3.63) is 71.3 Å². The molecule has 2 N–H and O–H groups in total. The van der Waals surface area contributed by atoms with Gasteiger partial charge in [0.05, 0.1) is 12.4 Å². The molecule has 0 aromatic heterocycles. The Hall–Kier alpha value is -2.43. The molecular weight excluding hydrogens is 409 g/mol. The zero-order chi connectivity index (χ0) is 21.3. The Bertz CT molecular complexity index is 886. The highest BCUT2D eigenvalue weighted by Gasteiger charge is 2.27. The maximum absolute atomic E-state index is 12.1. The van der Waals surface area contributed by atoms with Crippen molar-refractivity contribution in [2.24, 2.45) is 0 Å². The fourth-order valence-corrected chi connectivity index (χ4v) is 3.20.